The standard InChI is InChI=1S/C12H15NO5S/c1-9(8-14)13-19(17,18)11-5-2-10(3-6-11)4-7-12(15)16/h2-7,9,13-14H,8H2,1H3,(H,15,16)/b7-4+/t9-/m1/s1. The first-order chi connectivity index (χ1) is 8.85. The lowest BCUT2D eigenvalue weighted by atomic mass is 10.2. The molecule has 1 aromatic rings. The number of carboxylic acids is 1. The Morgan fingerprint density at radius 3 is 2.42 bits per heavy atom. The van der Waals surface area contributed by atoms with Crippen LogP contribution in [-0.2, 0) is 14.8 Å². The third kappa shape index (κ3) is 4.82. The van der Waals surface area contributed by atoms with Crippen molar-refractivity contribution in [1.29, 1.82) is 0 Å². The molecule has 0 fully saturated rings. The average Bonchev–Trinajstić information content (AvgIpc) is 2.36. The molecule has 1 atom stereocenters. The van der Waals surface area contributed by atoms with Gasteiger partial charge in [0.25, 0.3) is 0 Å². The van der Waals surface area contributed by atoms with E-state index >= 15 is 0 Å². The average molecular weight is 285 g/mol. The molecule has 0 radical (unpaired) electrons. The third-order valence-electron chi connectivity index (χ3n) is 2.24. The summed E-state index contributed by atoms with van der Waals surface area (Å²) in [7, 11) is -3.67. The molecule has 6 nitrogen and oxygen atoms in total. The van der Waals surface area contributed by atoms with Gasteiger partial charge >= 0.3 is 5.97 Å². The first-order valence-corrected chi connectivity index (χ1v) is 6.98. The zero-order valence-electron chi connectivity index (χ0n) is 10.3. The maximum Gasteiger partial charge on any atom is 0.328 e. The lowest BCUT2D eigenvalue weighted by Crippen LogP contribution is -2.34. The molecule has 0 unspecified atom stereocenters. The van der Waals surface area contributed by atoms with Crippen molar-refractivity contribution in [2.24, 2.45) is 0 Å². The number of hydrogen-bond donors (Lipinski definition) is 3. The van der Waals surface area contributed by atoms with Crippen LogP contribution >= 0.6 is 0 Å². The molecule has 104 valence electrons. The molecule has 0 saturated heterocycles. The van der Waals surface area contributed by atoms with E-state index in [9.17, 15) is 13.2 Å². The van der Waals surface area contributed by atoms with E-state index in [-0.39, 0.29) is 11.5 Å². The van der Waals surface area contributed by atoms with Gasteiger partial charge in [0.2, 0.25) is 10.0 Å². The van der Waals surface area contributed by atoms with Crippen LogP contribution in [0.3, 0.4) is 0 Å². The van der Waals surface area contributed by atoms with Crippen LogP contribution in [0.1, 0.15) is 12.5 Å². The van der Waals surface area contributed by atoms with Crippen LogP contribution in [0.5, 0.6) is 0 Å². The normalized spacial score (nSPS) is 13.6. The van der Waals surface area contributed by atoms with Gasteiger partial charge in [0.1, 0.15) is 0 Å². The zero-order valence-corrected chi connectivity index (χ0v) is 11.1. The molecule has 1 aromatic carbocycles. The Bertz CT molecular complexity index is 562. The predicted molar refractivity (Wildman–Crippen MR) is 70.0 cm³/mol. The number of hydrogen-bond acceptors (Lipinski definition) is 4. The van der Waals surface area contributed by atoms with Gasteiger partial charge in [-0.15, -0.1) is 0 Å². The quantitative estimate of drug-likeness (QED) is 0.658. The van der Waals surface area contributed by atoms with Gasteiger partial charge < -0.3 is 10.2 Å². The van der Waals surface area contributed by atoms with Gasteiger partial charge in [0.15, 0.2) is 0 Å². The van der Waals surface area contributed by atoms with E-state index in [4.69, 9.17) is 10.2 Å². The molecule has 0 heterocycles. The molecule has 1 rings (SSSR count). The number of aliphatic carboxylic acids is 1. The largest absolute Gasteiger partial charge is 0.478 e. The van der Waals surface area contributed by atoms with Crippen LogP contribution in [-0.4, -0.2) is 37.2 Å². The van der Waals surface area contributed by atoms with E-state index in [0.29, 0.717) is 5.56 Å². The molecule has 0 aliphatic heterocycles. The minimum absolute atomic E-state index is 0.0558. The monoisotopic (exact) mass is 285 g/mol. The lowest BCUT2D eigenvalue weighted by Gasteiger charge is -2.11. The van der Waals surface area contributed by atoms with Crippen molar-refractivity contribution in [2.45, 2.75) is 17.9 Å². The Morgan fingerprint density at radius 2 is 1.95 bits per heavy atom. The SMILES string of the molecule is C[C@H](CO)NS(=O)(=O)c1ccc(/C=C/C(=O)O)cc1. The number of benzene rings is 1. The van der Waals surface area contributed by atoms with Crippen LogP contribution in [0.2, 0.25) is 0 Å². The summed E-state index contributed by atoms with van der Waals surface area (Å²) < 4.78 is 26.0. The molecule has 0 aliphatic rings. The number of rotatable bonds is 6. The highest BCUT2D eigenvalue weighted by Crippen LogP contribution is 2.12. The predicted octanol–water partition coefficient (Wildman–Crippen LogP) is 0.443. The van der Waals surface area contributed by atoms with Gasteiger partial charge in [-0.25, -0.2) is 17.9 Å². The highest BCUT2D eigenvalue weighted by atomic mass is 32.2. The molecule has 0 amide bonds. The number of nitrogens with one attached hydrogen (secondary N) is 1. The summed E-state index contributed by atoms with van der Waals surface area (Å²) in [6.07, 6.45) is 2.33. The van der Waals surface area contributed by atoms with Crippen molar-refractivity contribution in [1.82, 2.24) is 4.72 Å². The summed E-state index contributed by atoms with van der Waals surface area (Å²) in [5.74, 6) is -1.07. The van der Waals surface area contributed by atoms with Crippen molar-refractivity contribution in [2.75, 3.05) is 6.61 Å². The Labute approximate surface area is 111 Å². The van der Waals surface area contributed by atoms with Gasteiger partial charge in [0, 0.05) is 12.1 Å². The van der Waals surface area contributed by atoms with Crippen LogP contribution in [0, 0.1) is 0 Å². The fourth-order valence-electron chi connectivity index (χ4n) is 1.30. The van der Waals surface area contributed by atoms with Crippen LogP contribution in [0.25, 0.3) is 6.08 Å². The van der Waals surface area contributed by atoms with Gasteiger partial charge in [0.05, 0.1) is 11.5 Å². The zero-order chi connectivity index (χ0) is 14.5. The molecular weight excluding hydrogens is 270 g/mol. The lowest BCUT2D eigenvalue weighted by molar-refractivity contribution is -0.131. The maximum atomic E-state index is 11.8. The van der Waals surface area contributed by atoms with E-state index in [1.54, 1.807) is 6.92 Å². The number of carboxylic acid groups (broad SMARTS) is 1. The molecule has 19 heavy (non-hydrogen) atoms. The Morgan fingerprint density at radius 1 is 1.37 bits per heavy atom. The van der Waals surface area contributed by atoms with E-state index in [1.165, 1.54) is 30.3 Å². The second kappa shape index (κ2) is 6.46. The Hall–Kier alpha value is -1.70. The third-order valence-corrected chi connectivity index (χ3v) is 3.84. The Balaban J connectivity index is 2.89. The fraction of sp³-hybridized carbons (Fsp3) is 0.250. The highest BCUT2D eigenvalue weighted by molar-refractivity contribution is 7.89. The van der Waals surface area contributed by atoms with Crippen LogP contribution < -0.4 is 4.72 Å². The van der Waals surface area contributed by atoms with Crippen LogP contribution in [0.15, 0.2) is 35.2 Å². The van der Waals surface area contributed by atoms with E-state index in [2.05, 4.69) is 4.72 Å². The maximum absolute atomic E-state index is 11.8. The van der Waals surface area contributed by atoms with E-state index in [0.717, 1.165) is 6.08 Å². The molecule has 7 heteroatoms. The van der Waals surface area contributed by atoms with Crippen molar-refractivity contribution >= 4 is 22.1 Å². The number of sulfonamides is 1. The smallest absolute Gasteiger partial charge is 0.328 e. The topological polar surface area (TPSA) is 104 Å². The summed E-state index contributed by atoms with van der Waals surface area (Å²) in [5, 5.41) is 17.3. The van der Waals surface area contributed by atoms with Crippen molar-refractivity contribution in [3.05, 3.63) is 35.9 Å². The second-order valence-electron chi connectivity index (χ2n) is 3.95. The molecule has 0 spiro atoms. The molecule has 0 aliphatic carbocycles. The number of aliphatic hydroxyl groups excluding tert-OH is 1. The van der Waals surface area contributed by atoms with Gasteiger partial charge in [-0.2, -0.15) is 0 Å². The molecule has 0 aromatic heterocycles. The van der Waals surface area contributed by atoms with Gasteiger partial charge in [-0.3, -0.25) is 0 Å². The fourth-order valence-corrected chi connectivity index (χ4v) is 2.53. The minimum Gasteiger partial charge on any atom is -0.478 e. The van der Waals surface area contributed by atoms with Gasteiger partial charge in [-0.05, 0) is 30.7 Å². The summed E-state index contributed by atoms with van der Waals surface area (Å²) in [4.78, 5) is 10.4. The highest BCUT2D eigenvalue weighted by Gasteiger charge is 2.16. The minimum atomic E-state index is -3.67. The first kappa shape index (κ1) is 15.4. The number of carbonyl (C=O) groups is 1. The van der Waals surface area contributed by atoms with Crippen molar-refractivity contribution in [3.8, 4) is 0 Å². The van der Waals surface area contributed by atoms with E-state index in [1.807, 2.05) is 0 Å². The summed E-state index contributed by atoms with van der Waals surface area (Å²) >= 11 is 0. The van der Waals surface area contributed by atoms with Crippen molar-refractivity contribution < 1.29 is 23.4 Å². The molecule has 3 N–H and O–H groups in total. The van der Waals surface area contributed by atoms with Crippen LogP contribution in [0.4, 0.5) is 0 Å². The number of aliphatic hydroxyl groups is 1. The summed E-state index contributed by atoms with van der Waals surface area (Å²) in [5.41, 5.74) is 0.580. The molecule has 0 saturated carbocycles. The van der Waals surface area contributed by atoms with Gasteiger partial charge in [-0.1, -0.05) is 12.1 Å². The molecular formula is C12H15NO5S. The first-order valence-electron chi connectivity index (χ1n) is 5.49. The van der Waals surface area contributed by atoms with Crippen molar-refractivity contribution in [3.63, 3.8) is 0 Å². The summed E-state index contributed by atoms with van der Waals surface area (Å²) in [6.45, 7) is 1.25. The Kier molecular flexibility index (Phi) is 5.22. The summed E-state index contributed by atoms with van der Waals surface area (Å²) in [6, 6.07) is 5.16. The van der Waals surface area contributed by atoms with E-state index < -0.39 is 22.0 Å². The second-order valence-corrected chi connectivity index (χ2v) is 5.66. The molecule has 0 bridgehead atoms.